The topological polar surface area (TPSA) is 115 Å². The average Bonchev–Trinajstić information content (AvgIpc) is 3.11. The Labute approximate surface area is 274 Å². The molecule has 0 N–H and O–H groups in total. The molecule has 2 aromatic heterocycles. The van der Waals surface area contributed by atoms with E-state index in [1.807, 2.05) is 109 Å². The van der Waals surface area contributed by atoms with Crippen molar-refractivity contribution in [2.45, 2.75) is 0 Å². The molecule has 0 unspecified atom stereocenters. The van der Waals surface area contributed by atoms with Gasteiger partial charge in [0.15, 0.2) is 0 Å². The maximum Gasteiger partial charge on any atom is 3.00 e. The van der Waals surface area contributed by atoms with Crippen molar-refractivity contribution in [3.8, 4) is 33.6 Å². The third-order valence-corrected chi connectivity index (χ3v) is 7.35. The van der Waals surface area contributed by atoms with E-state index in [1.54, 1.807) is 36.7 Å². The number of nitrogens with zero attached hydrogens (tertiary/aromatic N) is 6. The van der Waals surface area contributed by atoms with E-state index < -0.39 is 0 Å². The molecule has 0 bridgehead atoms. The van der Waals surface area contributed by atoms with Gasteiger partial charge in [0, 0.05) is 12.4 Å². The van der Waals surface area contributed by atoms with E-state index in [0.29, 0.717) is 22.3 Å². The maximum atomic E-state index is 9.91. The number of benzene rings is 4. The number of hydrogen-bond donors (Lipinski definition) is 0. The Kier molecular flexibility index (Phi) is 9.52. The molecule has 0 saturated heterocycles. The summed E-state index contributed by atoms with van der Waals surface area (Å²) in [5.41, 5.74) is 8.17. The Bertz CT molecular complexity index is 1780. The SMILES string of the molecule is [N-]=C1C(=[N-])c2ccccc2-c2ccccc21.[N-]=C1C(=[N-])c2ccccc2-c2ccccc21.[Rh+3].c1ccc(-c2ccccn2)nc1. The van der Waals surface area contributed by atoms with E-state index in [0.717, 1.165) is 33.6 Å². The molecule has 45 heavy (non-hydrogen) atoms. The van der Waals surface area contributed by atoms with Crippen molar-refractivity contribution in [2.75, 3.05) is 0 Å². The van der Waals surface area contributed by atoms with Crippen molar-refractivity contribution in [3.05, 3.63) is 190 Å². The number of hydrogen-bond acceptors (Lipinski definition) is 2. The molecule has 216 valence electrons. The van der Waals surface area contributed by atoms with Gasteiger partial charge in [0.1, 0.15) is 0 Å². The van der Waals surface area contributed by atoms with Crippen LogP contribution in [0.1, 0.15) is 22.3 Å². The van der Waals surface area contributed by atoms with Crippen molar-refractivity contribution < 1.29 is 19.5 Å². The Balaban J connectivity index is 0.000000134. The van der Waals surface area contributed by atoms with Crippen LogP contribution in [0.3, 0.4) is 0 Å². The first-order valence-electron chi connectivity index (χ1n) is 14.0. The molecule has 8 rings (SSSR count). The van der Waals surface area contributed by atoms with Gasteiger partial charge >= 0.3 is 19.5 Å². The standard InChI is InChI=1S/2C14H8N2.C10H8N2.Rh/c2*15-13-11-7-3-1-5-9(11)10-6-2-4-8-12(10)14(13)16;1-3-7-11-9(5-1)10-6-2-4-8-12-10;/h2*1-8H;1-8H;/q2*-2;;+3. The molecule has 0 aliphatic heterocycles. The zero-order valence-electron chi connectivity index (χ0n) is 23.9. The van der Waals surface area contributed by atoms with Crippen molar-refractivity contribution in [1.82, 2.24) is 9.97 Å². The first-order chi connectivity index (χ1) is 21.5. The molecule has 2 heterocycles. The maximum absolute atomic E-state index is 9.91. The Morgan fingerprint density at radius 2 is 0.511 bits per heavy atom. The summed E-state index contributed by atoms with van der Waals surface area (Å²) in [7, 11) is 0. The fourth-order valence-electron chi connectivity index (χ4n) is 5.24. The molecule has 6 aromatic rings. The van der Waals surface area contributed by atoms with Crippen LogP contribution in [0.15, 0.2) is 146 Å². The molecule has 0 fully saturated rings. The molecule has 0 spiro atoms. The van der Waals surface area contributed by atoms with Gasteiger partial charge in [-0.1, -0.05) is 109 Å². The minimum Gasteiger partial charge on any atom is -0.804 e. The average molecular weight is 668 g/mol. The van der Waals surface area contributed by atoms with E-state index in [2.05, 4.69) is 9.97 Å². The summed E-state index contributed by atoms with van der Waals surface area (Å²) in [5, 5.41) is 39.6. The van der Waals surface area contributed by atoms with E-state index in [-0.39, 0.29) is 42.3 Å². The van der Waals surface area contributed by atoms with Crippen LogP contribution >= 0.6 is 0 Å². The first-order valence-corrected chi connectivity index (χ1v) is 14.0. The third kappa shape index (κ3) is 6.26. The third-order valence-electron chi connectivity index (χ3n) is 7.35. The van der Waals surface area contributed by atoms with E-state index >= 15 is 0 Å². The van der Waals surface area contributed by atoms with Gasteiger partial charge in [-0.2, -0.15) is 22.8 Å². The normalized spacial score (nSPS) is 12.0. The number of pyridine rings is 2. The van der Waals surface area contributed by atoms with E-state index in [4.69, 9.17) is 0 Å². The Morgan fingerprint density at radius 3 is 0.733 bits per heavy atom. The van der Waals surface area contributed by atoms with Crippen LogP contribution in [0, 0.1) is 0 Å². The minimum absolute atomic E-state index is 0. The summed E-state index contributed by atoms with van der Waals surface area (Å²) in [5.74, 6) is 0. The van der Waals surface area contributed by atoms with Gasteiger partial charge in [-0.3, -0.25) is 9.97 Å². The predicted octanol–water partition coefficient (Wildman–Crippen LogP) is 8.31. The summed E-state index contributed by atoms with van der Waals surface area (Å²) >= 11 is 0. The van der Waals surface area contributed by atoms with Gasteiger partial charge in [0.25, 0.3) is 0 Å². The van der Waals surface area contributed by atoms with Crippen LogP contribution < -0.4 is 0 Å². The molecule has 4 aromatic carbocycles. The summed E-state index contributed by atoms with van der Waals surface area (Å²) in [6.07, 6.45) is 3.54. The molecule has 0 amide bonds. The van der Waals surface area contributed by atoms with Gasteiger partial charge in [-0.25, -0.2) is 0 Å². The fourth-order valence-corrected chi connectivity index (χ4v) is 5.24. The minimum atomic E-state index is -0.0469. The molecule has 2 aliphatic carbocycles. The van der Waals surface area contributed by atoms with Crippen molar-refractivity contribution in [2.24, 2.45) is 0 Å². The van der Waals surface area contributed by atoms with Crippen LogP contribution in [0.4, 0.5) is 0 Å². The monoisotopic (exact) mass is 667 g/mol. The summed E-state index contributed by atoms with van der Waals surface area (Å²) in [6, 6.07) is 41.6. The number of rotatable bonds is 1. The van der Waals surface area contributed by atoms with Gasteiger partial charge in [-0.05, 0) is 68.8 Å². The summed E-state index contributed by atoms with van der Waals surface area (Å²) in [4.78, 5) is 8.37. The summed E-state index contributed by atoms with van der Waals surface area (Å²) < 4.78 is 0. The van der Waals surface area contributed by atoms with Gasteiger partial charge in [0.2, 0.25) is 0 Å². The zero-order chi connectivity index (χ0) is 30.5. The van der Waals surface area contributed by atoms with E-state index in [9.17, 15) is 21.6 Å². The van der Waals surface area contributed by atoms with Crippen LogP contribution in [0.25, 0.3) is 55.3 Å². The molecular formula is C38H24N6Rh-. The molecule has 7 heteroatoms. The molecule has 0 radical (unpaired) electrons. The molecule has 0 saturated carbocycles. The van der Waals surface area contributed by atoms with Crippen molar-refractivity contribution in [3.63, 3.8) is 0 Å². The fraction of sp³-hybridized carbons (Fsp3) is 0. The van der Waals surface area contributed by atoms with Crippen LogP contribution in [-0.4, -0.2) is 32.8 Å². The van der Waals surface area contributed by atoms with Crippen LogP contribution in [0.5, 0.6) is 0 Å². The van der Waals surface area contributed by atoms with Gasteiger partial charge in [-0.15, -0.1) is 0 Å². The predicted molar refractivity (Wildman–Crippen MR) is 181 cm³/mol. The molecule has 2 aliphatic rings. The van der Waals surface area contributed by atoms with Crippen molar-refractivity contribution >= 4 is 22.8 Å². The first kappa shape index (κ1) is 30.9. The molecular weight excluding hydrogens is 643 g/mol. The zero-order valence-corrected chi connectivity index (χ0v) is 25.5. The van der Waals surface area contributed by atoms with Gasteiger partial charge < -0.3 is 21.6 Å². The van der Waals surface area contributed by atoms with Crippen LogP contribution in [-0.2, 0) is 19.5 Å². The van der Waals surface area contributed by atoms with Gasteiger partial charge in [0.05, 0.1) is 11.4 Å². The number of aromatic nitrogens is 2. The smallest absolute Gasteiger partial charge is 0.804 e. The Morgan fingerprint density at radius 1 is 0.289 bits per heavy atom. The quantitative estimate of drug-likeness (QED) is 0.164. The Hall–Kier alpha value is -5.52. The van der Waals surface area contributed by atoms with E-state index in [1.165, 1.54) is 0 Å². The molecule has 6 nitrogen and oxygen atoms in total. The largest absolute Gasteiger partial charge is 3.00 e. The van der Waals surface area contributed by atoms with Crippen molar-refractivity contribution in [1.29, 1.82) is 0 Å². The second kappa shape index (κ2) is 13.8. The second-order valence-corrected chi connectivity index (χ2v) is 10.0. The van der Waals surface area contributed by atoms with Crippen LogP contribution in [0.2, 0.25) is 0 Å². The summed E-state index contributed by atoms with van der Waals surface area (Å²) in [6.45, 7) is 0. The number of fused-ring (bicyclic) bond motifs is 6. The second-order valence-electron chi connectivity index (χ2n) is 10.0. The molecule has 0 atom stereocenters.